The number of likely N-dealkylation sites (tertiary alicyclic amines) is 1. The van der Waals surface area contributed by atoms with Crippen LogP contribution >= 0.6 is 0 Å². The Balaban J connectivity index is 2.19. The van der Waals surface area contributed by atoms with Gasteiger partial charge in [0.05, 0.1) is 0 Å². The molecule has 92 valence electrons. The highest BCUT2D eigenvalue weighted by Gasteiger charge is 2.49. The van der Waals surface area contributed by atoms with Gasteiger partial charge in [-0.15, -0.1) is 0 Å². The van der Waals surface area contributed by atoms with Crippen LogP contribution < -0.4 is 11.1 Å². The molecule has 16 heavy (non-hydrogen) atoms. The Morgan fingerprint density at radius 3 is 2.50 bits per heavy atom. The van der Waals surface area contributed by atoms with Crippen LogP contribution in [0, 0.1) is 0 Å². The van der Waals surface area contributed by atoms with E-state index in [-0.39, 0.29) is 5.91 Å². The van der Waals surface area contributed by atoms with E-state index in [1.165, 1.54) is 0 Å². The van der Waals surface area contributed by atoms with Crippen molar-refractivity contribution in [1.29, 1.82) is 0 Å². The van der Waals surface area contributed by atoms with E-state index in [1.54, 1.807) is 0 Å². The zero-order valence-corrected chi connectivity index (χ0v) is 10.2. The zero-order valence-electron chi connectivity index (χ0n) is 10.2. The Bertz CT molecular complexity index is 265. The minimum Gasteiger partial charge on any atom is -0.368 e. The average molecular weight is 226 g/mol. The number of likely N-dealkylation sites (N-methyl/N-ethyl adjacent to an activating group) is 1. The number of hydrogen-bond donors (Lipinski definition) is 2. The number of primary amides is 1. The Labute approximate surface area is 96.9 Å². The van der Waals surface area contributed by atoms with E-state index in [9.17, 15) is 4.79 Å². The van der Waals surface area contributed by atoms with Gasteiger partial charge in [0.15, 0.2) is 0 Å². The van der Waals surface area contributed by atoms with Crippen molar-refractivity contribution in [2.45, 2.75) is 24.9 Å². The molecule has 0 saturated carbocycles. The number of hydrogen-bond acceptors (Lipinski definition) is 4. The number of nitrogens with two attached hydrogens (primary N) is 1. The predicted molar refractivity (Wildman–Crippen MR) is 63.1 cm³/mol. The van der Waals surface area contributed by atoms with Gasteiger partial charge in [0.25, 0.3) is 0 Å². The molecule has 2 saturated heterocycles. The minimum atomic E-state index is -0.434. The maximum absolute atomic E-state index is 11.8. The van der Waals surface area contributed by atoms with Gasteiger partial charge in [-0.25, -0.2) is 0 Å². The van der Waals surface area contributed by atoms with Crippen LogP contribution in [-0.4, -0.2) is 67.1 Å². The van der Waals surface area contributed by atoms with Crippen LogP contribution in [0.2, 0.25) is 0 Å². The molecule has 0 aromatic heterocycles. The lowest BCUT2D eigenvalue weighted by atomic mass is 9.92. The van der Waals surface area contributed by atoms with E-state index < -0.39 is 5.54 Å². The first-order valence-corrected chi connectivity index (χ1v) is 6.02. The summed E-state index contributed by atoms with van der Waals surface area (Å²) < 4.78 is 0. The smallest absolute Gasteiger partial charge is 0.239 e. The van der Waals surface area contributed by atoms with Gasteiger partial charge in [0, 0.05) is 38.8 Å². The highest BCUT2D eigenvalue weighted by molar-refractivity contribution is 5.85. The Kier molecular flexibility index (Phi) is 3.19. The normalized spacial score (nSPS) is 37.8. The highest BCUT2D eigenvalue weighted by Crippen LogP contribution is 2.31. The number of amides is 1. The molecule has 5 nitrogen and oxygen atoms in total. The summed E-state index contributed by atoms with van der Waals surface area (Å²) in [6.07, 6.45) is 0.860. The van der Waals surface area contributed by atoms with E-state index in [1.807, 2.05) is 0 Å². The first-order valence-electron chi connectivity index (χ1n) is 6.02. The lowest BCUT2D eigenvalue weighted by Crippen LogP contribution is -2.63. The van der Waals surface area contributed by atoms with Crippen molar-refractivity contribution in [2.24, 2.45) is 5.73 Å². The maximum atomic E-state index is 11.8. The molecule has 2 aliphatic rings. The monoisotopic (exact) mass is 226 g/mol. The lowest BCUT2D eigenvalue weighted by Gasteiger charge is -2.41. The van der Waals surface area contributed by atoms with Crippen molar-refractivity contribution in [3.05, 3.63) is 0 Å². The Morgan fingerprint density at radius 1 is 1.44 bits per heavy atom. The van der Waals surface area contributed by atoms with Crippen LogP contribution in [0.15, 0.2) is 0 Å². The van der Waals surface area contributed by atoms with Crippen molar-refractivity contribution >= 4 is 5.91 Å². The fourth-order valence-corrected chi connectivity index (χ4v) is 2.93. The van der Waals surface area contributed by atoms with Gasteiger partial charge < -0.3 is 16.0 Å². The van der Waals surface area contributed by atoms with E-state index in [0.717, 1.165) is 39.1 Å². The van der Waals surface area contributed by atoms with Crippen molar-refractivity contribution in [3.63, 3.8) is 0 Å². The molecule has 0 aromatic carbocycles. The minimum absolute atomic E-state index is 0.161. The summed E-state index contributed by atoms with van der Waals surface area (Å²) in [6, 6.07) is 0.433. The average Bonchev–Trinajstić information content (AvgIpc) is 2.58. The molecule has 1 amide bonds. The van der Waals surface area contributed by atoms with Gasteiger partial charge in [-0.1, -0.05) is 0 Å². The summed E-state index contributed by atoms with van der Waals surface area (Å²) in [6.45, 7) is 6.67. The number of carbonyl (C=O) groups excluding carboxylic acids is 1. The second-order valence-electron chi connectivity index (χ2n) is 5.10. The SMILES string of the molecule is CC1CC(C(N)=O)(N2CCNCC2)CN1C. The summed E-state index contributed by atoms with van der Waals surface area (Å²) in [5.41, 5.74) is 5.23. The van der Waals surface area contributed by atoms with E-state index in [2.05, 4.69) is 29.1 Å². The van der Waals surface area contributed by atoms with Crippen LogP contribution in [0.5, 0.6) is 0 Å². The van der Waals surface area contributed by atoms with Crippen LogP contribution in [-0.2, 0) is 4.79 Å². The van der Waals surface area contributed by atoms with Crippen LogP contribution in [0.3, 0.4) is 0 Å². The molecule has 0 bridgehead atoms. The fourth-order valence-electron chi connectivity index (χ4n) is 2.93. The molecule has 0 aromatic rings. The van der Waals surface area contributed by atoms with Gasteiger partial charge >= 0.3 is 0 Å². The summed E-state index contributed by atoms with van der Waals surface area (Å²) in [5, 5.41) is 3.31. The zero-order chi connectivity index (χ0) is 11.8. The van der Waals surface area contributed by atoms with Gasteiger partial charge in [0.2, 0.25) is 5.91 Å². The van der Waals surface area contributed by atoms with Crippen molar-refractivity contribution in [1.82, 2.24) is 15.1 Å². The summed E-state index contributed by atoms with van der Waals surface area (Å²) >= 11 is 0. The highest BCUT2D eigenvalue weighted by atomic mass is 16.1. The molecule has 2 rings (SSSR count). The molecular formula is C11H22N4O. The van der Waals surface area contributed by atoms with E-state index >= 15 is 0 Å². The lowest BCUT2D eigenvalue weighted by molar-refractivity contribution is -0.130. The van der Waals surface area contributed by atoms with Crippen LogP contribution in [0.1, 0.15) is 13.3 Å². The van der Waals surface area contributed by atoms with Gasteiger partial charge in [-0.2, -0.15) is 0 Å². The van der Waals surface area contributed by atoms with Crippen molar-refractivity contribution in [2.75, 3.05) is 39.8 Å². The first kappa shape index (κ1) is 11.8. The van der Waals surface area contributed by atoms with Crippen molar-refractivity contribution < 1.29 is 4.79 Å². The quantitative estimate of drug-likeness (QED) is 0.623. The molecule has 5 heteroatoms. The second kappa shape index (κ2) is 4.31. The molecule has 2 unspecified atom stereocenters. The number of piperazine rings is 1. The van der Waals surface area contributed by atoms with E-state index in [4.69, 9.17) is 5.73 Å². The standard InChI is InChI=1S/C11H22N4O/c1-9-7-11(10(12)16,8-14(9)2)15-5-3-13-4-6-15/h9,13H,3-8H2,1-2H3,(H2,12,16). The molecule has 2 aliphatic heterocycles. The van der Waals surface area contributed by atoms with E-state index in [0.29, 0.717) is 6.04 Å². The fraction of sp³-hybridized carbons (Fsp3) is 0.909. The topological polar surface area (TPSA) is 61.6 Å². The molecule has 3 N–H and O–H groups in total. The Morgan fingerprint density at radius 2 is 2.06 bits per heavy atom. The second-order valence-corrected chi connectivity index (χ2v) is 5.10. The third kappa shape index (κ3) is 1.83. The molecular weight excluding hydrogens is 204 g/mol. The summed E-state index contributed by atoms with van der Waals surface area (Å²) in [7, 11) is 2.07. The molecule has 0 aliphatic carbocycles. The molecule has 0 spiro atoms. The Hall–Kier alpha value is -0.650. The van der Waals surface area contributed by atoms with Gasteiger partial charge in [0.1, 0.15) is 5.54 Å². The molecule has 2 heterocycles. The number of nitrogens with one attached hydrogen (secondary N) is 1. The first-order chi connectivity index (χ1) is 7.56. The van der Waals surface area contributed by atoms with Gasteiger partial charge in [-0.05, 0) is 20.4 Å². The molecule has 2 atom stereocenters. The van der Waals surface area contributed by atoms with Crippen LogP contribution in [0.25, 0.3) is 0 Å². The van der Waals surface area contributed by atoms with Gasteiger partial charge in [-0.3, -0.25) is 9.69 Å². The third-order valence-corrected chi connectivity index (χ3v) is 4.08. The summed E-state index contributed by atoms with van der Waals surface area (Å²) in [5.74, 6) is -0.161. The number of rotatable bonds is 2. The number of carbonyl (C=O) groups is 1. The maximum Gasteiger partial charge on any atom is 0.239 e. The number of nitrogens with zero attached hydrogens (tertiary/aromatic N) is 2. The largest absolute Gasteiger partial charge is 0.368 e. The predicted octanol–water partition coefficient (Wildman–Crippen LogP) is -1.16. The summed E-state index contributed by atoms with van der Waals surface area (Å²) in [4.78, 5) is 16.3. The third-order valence-electron chi connectivity index (χ3n) is 4.08. The van der Waals surface area contributed by atoms with Crippen molar-refractivity contribution in [3.8, 4) is 0 Å². The molecule has 2 fully saturated rings. The molecule has 0 radical (unpaired) electrons. The van der Waals surface area contributed by atoms with Crippen LogP contribution in [0.4, 0.5) is 0 Å².